The molecule has 2 aromatic carbocycles. The molecule has 184 valence electrons. The van der Waals surface area contributed by atoms with Crippen LogP contribution in [0.25, 0.3) is 11.0 Å². The van der Waals surface area contributed by atoms with Gasteiger partial charge in [0.1, 0.15) is 0 Å². The van der Waals surface area contributed by atoms with Crippen molar-refractivity contribution in [3.8, 4) is 0 Å². The zero-order chi connectivity index (χ0) is 25.3. The van der Waals surface area contributed by atoms with Gasteiger partial charge in [-0.25, -0.2) is 0 Å². The Hall–Kier alpha value is -3.88. The first-order chi connectivity index (χ1) is 16.7. The molecule has 0 unspecified atom stereocenters. The van der Waals surface area contributed by atoms with E-state index in [1.165, 1.54) is 9.13 Å². The minimum Gasteiger partial charge on any atom is -0.466 e. The third kappa shape index (κ3) is 4.71. The van der Waals surface area contributed by atoms with Crippen molar-refractivity contribution in [2.24, 2.45) is 20.0 Å². The normalized spacial score (nSPS) is 14.2. The monoisotopic (exact) mass is 478 g/mol. The van der Waals surface area contributed by atoms with Gasteiger partial charge in [0.05, 0.1) is 34.9 Å². The summed E-state index contributed by atoms with van der Waals surface area (Å²) in [7, 11) is 3.11. The number of aromatic nitrogens is 2. The number of amides is 1. The highest BCUT2D eigenvalue weighted by Crippen LogP contribution is 2.34. The van der Waals surface area contributed by atoms with Gasteiger partial charge >= 0.3 is 17.1 Å². The summed E-state index contributed by atoms with van der Waals surface area (Å²) in [5.41, 5.74) is 2.67. The highest BCUT2D eigenvalue weighted by atomic mass is 16.5. The van der Waals surface area contributed by atoms with Crippen LogP contribution >= 0.6 is 0 Å². The highest BCUT2D eigenvalue weighted by Gasteiger charge is 2.28. The number of benzene rings is 2. The van der Waals surface area contributed by atoms with Crippen LogP contribution in [-0.2, 0) is 23.6 Å². The lowest BCUT2D eigenvalue weighted by molar-refractivity contribution is -0.148. The highest BCUT2D eigenvalue weighted by molar-refractivity contribution is 6.07. The van der Waals surface area contributed by atoms with Crippen molar-refractivity contribution in [1.82, 2.24) is 9.13 Å². The largest absolute Gasteiger partial charge is 0.466 e. The number of ether oxygens (including phenoxy) is 1. The molecule has 1 N–H and O–H groups in total. The first-order valence-electron chi connectivity index (χ1n) is 11.7. The molecular formula is C26H30N4O5. The van der Waals surface area contributed by atoms with E-state index < -0.39 is 11.1 Å². The van der Waals surface area contributed by atoms with Crippen LogP contribution in [-0.4, -0.2) is 40.7 Å². The van der Waals surface area contributed by atoms with E-state index in [1.54, 1.807) is 39.2 Å². The first kappa shape index (κ1) is 24.3. The molecule has 3 aromatic rings. The fraction of sp³-hybridized carbons (Fsp3) is 0.385. The van der Waals surface area contributed by atoms with Gasteiger partial charge in [0.15, 0.2) is 0 Å². The summed E-state index contributed by atoms with van der Waals surface area (Å²) in [6.45, 7) is 5.27. The molecule has 0 spiro atoms. The van der Waals surface area contributed by atoms with E-state index in [4.69, 9.17) is 4.74 Å². The second-order valence-corrected chi connectivity index (χ2v) is 8.92. The van der Waals surface area contributed by atoms with Gasteiger partial charge in [-0.05, 0) is 51.0 Å². The zero-order valence-electron chi connectivity index (χ0n) is 20.5. The number of nitrogens with one attached hydrogen (secondary N) is 1. The van der Waals surface area contributed by atoms with E-state index in [9.17, 15) is 19.2 Å². The smallest absolute Gasteiger partial charge is 0.316 e. The standard InChI is InChI=1S/C26H30N4O5/c1-5-35-26(34)18-10-12-30(13-11-18)20-15-22-21(28(3)24(32)25(33)29(22)4)14-19(20)27-23(31)17-8-6-16(2)7-9-17/h6-9,14-15,18H,5,10-13H2,1-4H3,(H,27,31). The Kier molecular flexibility index (Phi) is 6.77. The number of esters is 1. The number of aryl methyl sites for hydroxylation is 3. The topological polar surface area (TPSA) is 103 Å². The van der Waals surface area contributed by atoms with Crippen LogP contribution in [0.3, 0.4) is 0 Å². The molecule has 1 amide bonds. The number of rotatable bonds is 5. The lowest BCUT2D eigenvalue weighted by atomic mass is 9.96. The van der Waals surface area contributed by atoms with Crippen LogP contribution in [0.5, 0.6) is 0 Å². The van der Waals surface area contributed by atoms with Crippen LogP contribution in [0.15, 0.2) is 46.0 Å². The molecule has 9 nitrogen and oxygen atoms in total. The molecule has 0 atom stereocenters. The minimum absolute atomic E-state index is 0.164. The number of hydrogen-bond donors (Lipinski definition) is 1. The molecule has 0 saturated carbocycles. The SMILES string of the molecule is CCOC(=O)C1CCN(c2cc3c(cc2NC(=O)c2ccc(C)cc2)n(C)c(=O)c(=O)n3C)CC1. The molecule has 0 aliphatic carbocycles. The Morgan fingerprint density at radius 1 is 0.971 bits per heavy atom. The summed E-state index contributed by atoms with van der Waals surface area (Å²) < 4.78 is 7.82. The second kappa shape index (κ2) is 9.77. The van der Waals surface area contributed by atoms with Gasteiger partial charge in [0, 0.05) is 32.7 Å². The average Bonchev–Trinajstić information content (AvgIpc) is 2.86. The van der Waals surface area contributed by atoms with Gasteiger partial charge in [0.2, 0.25) is 0 Å². The van der Waals surface area contributed by atoms with E-state index in [0.717, 1.165) is 11.3 Å². The summed E-state index contributed by atoms with van der Waals surface area (Å²) in [5, 5.41) is 3.00. The number of fused-ring (bicyclic) bond motifs is 1. The molecule has 0 bridgehead atoms. The number of hydrogen-bond acceptors (Lipinski definition) is 6. The molecule has 2 heterocycles. The number of carbonyl (C=O) groups excluding carboxylic acids is 2. The Balaban J connectivity index is 1.76. The predicted octanol–water partition coefficient (Wildman–Crippen LogP) is 2.58. The second-order valence-electron chi connectivity index (χ2n) is 8.92. The maximum absolute atomic E-state index is 13.1. The molecule has 35 heavy (non-hydrogen) atoms. The molecule has 9 heteroatoms. The van der Waals surface area contributed by atoms with E-state index in [0.29, 0.717) is 54.8 Å². The van der Waals surface area contributed by atoms with Crippen LogP contribution in [0.2, 0.25) is 0 Å². The van der Waals surface area contributed by atoms with Gasteiger partial charge < -0.3 is 24.1 Å². The third-order valence-electron chi connectivity index (χ3n) is 6.63. The van der Waals surface area contributed by atoms with Crippen molar-refractivity contribution in [3.63, 3.8) is 0 Å². The van der Waals surface area contributed by atoms with E-state index >= 15 is 0 Å². The van der Waals surface area contributed by atoms with Crippen molar-refractivity contribution in [1.29, 1.82) is 0 Å². The maximum Gasteiger partial charge on any atom is 0.316 e. The summed E-state index contributed by atoms with van der Waals surface area (Å²) in [5.74, 6) is -0.625. The molecule has 1 aliphatic heterocycles. The quantitative estimate of drug-likeness (QED) is 0.447. The Morgan fingerprint density at radius 2 is 1.54 bits per heavy atom. The van der Waals surface area contributed by atoms with E-state index in [1.807, 2.05) is 25.1 Å². The molecule has 0 radical (unpaired) electrons. The number of piperidine rings is 1. The van der Waals surface area contributed by atoms with Gasteiger partial charge in [-0.2, -0.15) is 0 Å². The molecule has 1 saturated heterocycles. The number of carbonyl (C=O) groups is 2. The average molecular weight is 479 g/mol. The van der Waals surface area contributed by atoms with Crippen LogP contribution < -0.4 is 21.3 Å². The molecule has 1 aromatic heterocycles. The number of nitrogens with zero attached hydrogens (tertiary/aromatic N) is 3. The minimum atomic E-state index is -0.640. The van der Waals surface area contributed by atoms with E-state index in [2.05, 4.69) is 10.2 Å². The fourth-order valence-corrected chi connectivity index (χ4v) is 4.49. The Labute approximate surface area is 202 Å². The summed E-state index contributed by atoms with van der Waals surface area (Å²) in [6, 6.07) is 10.8. The van der Waals surface area contributed by atoms with Crippen LogP contribution in [0.4, 0.5) is 11.4 Å². The van der Waals surface area contributed by atoms with Gasteiger partial charge in [-0.3, -0.25) is 19.2 Å². The fourth-order valence-electron chi connectivity index (χ4n) is 4.49. The lowest BCUT2D eigenvalue weighted by Gasteiger charge is -2.34. The summed E-state index contributed by atoms with van der Waals surface area (Å²) in [4.78, 5) is 52.2. The van der Waals surface area contributed by atoms with Crippen molar-refractivity contribution < 1.29 is 14.3 Å². The van der Waals surface area contributed by atoms with Crippen molar-refractivity contribution in [3.05, 3.63) is 68.2 Å². The molecule has 4 rings (SSSR count). The van der Waals surface area contributed by atoms with Gasteiger partial charge in [-0.15, -0.1) is 0 Å². The van der Waals surface area contributed by atoms with Crippen molar-refractivity contribution in [2.75, 3.05) is 29.9 Å². The third-order valence-corrected chi connectivity index (χ3v) is 6.63. The molecule has 1 aliphatic rings. The Bertz CT molecular complexity index is 1400. The van der Waals surface area contributed by atoms with Crippen LogP contribution in [0, 0.1) is 12.8 Å². The van der Waals surface area contributed by atoms with Crippen LogP contribution in [0.1, 0.15) is 35.7 Å². The number of anilines is 2. The van der Waals surface area contributed by atoms with E-state index in [-0.39, 0.29) is 17.8 Å². The lowest BCUT2D eigenvalue weighted by Crippen LogP contribution is -2.40. The van der Waals surface area contributed by atoms with Gasteiger partial charge in [0.25, 0.3) is 5.91 Å². The maximum atomic E-state index is 13.1. The molecular weight excluding hydrogens is 448 g/mol. The van der Waals surface area contributed by atoms with Gasteiger partial charge in [-0.1, -0.05) is 17.7 Å². The summed E-state index contributed by atoms with van der Waals surface area (Å²) in [6.07, 6.45) is 1.24. The Morgan fingerprint density at radius 3 is 2.11 bits per heavy atom. The predicted molar refractivity (Wildman–Crippen MR) is 135 cm³/mol. The first-order valence-corrected chi connectivity index (χ1v) is 11.7. The summed E-state index contributed by atoms with van der Waals surface area (Å²) >= 11 is 0. The zero-order valence-corrected chi connectivity index (χ0v) is 20.5. The molecule has 1 fully saturated rings. The van der Waals surface area contributed by atoms with Crippen molar-refractivity contribution >= 4 is 34.3 Å². The van der Waals surface area contributed by atoms with Crippen molar-refractivity contribution in [2.45, 2.75) is 26.7 Å².